The number of hydrogen-bond acceptors (Lipinski definition) is 1. The zero-order valence-electron chi connectivity index (χ0n) is 35.6. The van der Waals surface area contributed by atoms with Gasteiger partial charge < -0.3 is 4.90 Å². The lowest BCUT2D eigenvalue weighted by molar-refractivity contribution is 0.490. The fraction of sp³-hybridized carbons (Fsp3) is 0.186. The third kappa shape index (κ3) is 4.99. The van der Waals surface area contributed by atoms with Crippen molar-refractivity contribution in [2.24, 2.45) is 0 Å². The summed E-state index contributed by atoms with van der Waals surface area (Å²) in [6, 6.07) is 66.6. The Bertz CT molecular complexity index is 3010. The maximum absolute atomic E-state index is 2.51. The topological polar surface area (TPSA) is 3.24 Å². The molecule has 0 unspecified atom stereocenters. The van der Waals surface area contributed by atoms with E-state index in [4.69, 9.17) is 0 Å². The summed E-state index contributed by atoms with van der Waals surface area (Å²) in [5.74, 6) is 0. The number of benzene rings is 8. The molecule has 0 spiro atoms. The summed E-state index contributed by atoms with van der Waals surface area (Å²) in [5, 5.41) is 0. The van der Waals surface area contributed by atoms with Gasteiger partial charge in [-0.3, -0.25) is 0 Å². The van der Waals surface area contributed by atoms with Gasteiger partial charge in [-0.2, -0.15) is 0 Å². The zero-order valence-corrected chi connectivity index (χ0v) is 35.6. The van der Waals surface area contributed by atoms with Gasteiger partial charge in [-0.25, -0.2) is 0 Å². The van der Waals surface area contributed by atoms with E-state index in [-0.39, 0.29) is 16.2 Å². The smallest absolute Gasteiger partial charge is 0.0540 e. The summed E-state index contributed by atoms with van der Waals surface area (Å²) in [6.45, 7) is 14.2. The van der Waals surface area contributed by atoms with Crippen LogP contribution in [0, 0.1) is 0 Å². The Labute approximate surface area is 356 Å². The Morgan fingerprint density at radius 1 is 0.367 bits per heavy atom. The van der Waals surface area contributed by atoms with E-state index in [0.29, 0.717) is 0 Å². The second-order valence-electron chi connectivity index (χ2n) is 18.3. The van der Waals surface area contributed by atoms with E-state index in [0.717, 1.165) is 24.2 Å². The first-order valence-corrected chi connectivity index (χ1v) is 21.9. The largest absolute Gasteiger partial charge is 0.310 e. The Morgan fingerprint density at radius 3 is 1.58 bits per heavy atom. The van der Waals surface area contributed by atoms with Crippen molar-refractivity contribution in [3.63, 3.8) is 0 Å². The number of para-hydroxylation sites is 1. The van der Waals surface area contributed by atoms with Crippen LogP contribution >= 0.6 is 0 Å². The molecule has 292 valence electrons. The van der Waals surface area contributed by atoms with E-state index in [1.54, 1.807) is 0 Å². The molecule has 0 N–H and O–H groups in total. The van der Waals surface area contributed by atoms with Gasteiger partial charge in [0.15, 0.2) is 0 Å². The van der Waals surface area contributed by atoms with Crippen LogP contribution in [0.15, 0.2) is 176 Å². The van der Waals surface area contributed by atoms with Gasteiger partial charge >= 0.3 is 0 Å². The molecular formula is C59H51N. The highest BCUT2D eigenvalue weighted by molar-refractivity contribution is 5.99. The molecule has 11 rings (SSSR count). The van der Waals surface area contributed by atoms with Crippen molar-refractivity contribution in [2.45, 2.75) is 70.6 Å². The van der Waals surface area contributed by atoms with Crippen molar-refractivity contribution >= 4 is 17.1 Å². The summed E-state index contributed by atoms with van der Waals surface area (Å²) in [7, 11) is 0. The third-order valence-electron chi connectivity index (χ3n) is 14.8. The molecule has 8 aromatic rings. The van der Waals surface area contributed by atoms with Gasteiger partial charge in [0.05, 0.1) is 5.69 Å². The highest BCUT2D eigenvalue weighted by Gasteiger charge is 2.42. The van der Waals surface area contributed by atoms with E-state index in [2.05, 4.69) is 222 Å². The molecule has 0 atom stereocenters. The molecule has 0 radical (unpaired) electrons. The van der Waals surface area contributed by atoms with Gasteiger partial charge in [0.1, 0.15) is 0 Å². The lowest BCUT2D eigenvalue weighted by Crippen LogP contribution is -2.23. The van der Waals surface area contributed by atoms with Crippen LogP contribution in [0.5, 0.6) is 0 Å². The summed E-state index contributed by atoms with van der Waals surface area (Å²) >= 11 is 0. The molecule has 0 bridgehead atoms. The van der Waals surface area contributed by atoms with Crippen LogP contribution < -0.4 is 4.90 Å². The highest BCUT2D eigenvalue weighted by Crippen LogP contribution is 2.57. The SMILES string of the molecule is CCC1(CC)c2ccccc2-c2cc(N(c3ccc(-c4cccc5c4C(C)(C)c4ccccc4-5)cc3)c3ccccc3-c3cccc4c3-c3ccccc3C4(C)C)ccc21. The minimum Gasteiger partial charge on any atom is -0.310 e. The Kier molecular flexibility index (Phi) is 8.11. The molecule has 60 heavy (non-hydrogen) atoms. The summed E-state index contributed by atoms with van der Waals surface area (Å²) in [6.07, 6.45) is 2.14. The minimum atomic E-state index is -0.0950. The van der Waals surface area contributed by atoms with Crippen LogP contribution in [0.3, 0.4) is 0 Å². The normalized spacial score (nSPS) is 15.4. The first kappa shape index (κ1) is 36.6. The number of hydrogen-bond donors (Lipinski definition) is 0. The number of rotatable bonds is 7. The monoisotopic (exact) mass is 773 g/mol. The Balaban J connectivity index is 1.11. The quantitative estimate of drug-likeness (QED) is 0.156. The molecule has 1 nitrogen and oxygen atoms in total. The molecule has 0 aromatic heterocycles. The number of nitrogens with zero attached hydrogens (tertiary/aromatic N) is 1. The summed E-state index contributed by atoms with van der Waals surface area (Å²) < 4.78 is 0. The minimum absolute atomic E-state index is 0.0169. The van der Waals surface area contributed by atoms with E-state index in [9.17, 15) is 0 Å². The molecule has 0 saturated heterocycles. The van der Waals surface area contributed by atoms with Gasteiger partial charge in [-0.05, 0) is 127 Å². The predicted octanol–water partition coefficient (Wildman–Crippen LogP) is 16.2. The molecule has 1 heteroatoms. The van der Waals surface area contributed by atoms with Gasteiger partial charge in [0.25, 0.3) is 0 Å². The van der Waals surface area contributed by atoms with Crippen LogP contribution in [-0.4, -0.2) is 0 Å². The zero-order chi connectivity index (χ0) is 41.0. The van der Waals surface area contributed by atoms with Gasteiger partial charge in [-0.15, -0.1) is 0 Å². The van der Waals surface area contributed by atoms with Crippen molar-refractivity contribution in [1.29, 1.82) is 0 Å². The maximum Gasteiger partial charge on any atom is 0.0540 e. The fourth-order valence-electron chi connectivity index (χ4n) is 11.8. The second-order valence-corrected chi connectivity index (χ2v) is 18.3. The van der Waals surface area contributed by atoms with Crippen molar-refractivity contribution in [3.05, 3.63) is 209 Å². The number of fused-ring (bicyclic) bond motifs is 9. The molecule has 3 aliphatic carbocycles. The van der Waals surface area contributed by atoms with Crippen LogP contribution in [0.1, 0.15) is 87.8 Å². The number of anilines is 3. The summed E-state index contributed by atoms with van der Waals surface area (Å²) in [5.41, 5.74) is 24.9. The van der Waals surface area contributed by atoms with Gasteiger partial charge in [0.2, 0.25) is 0 Å². The average molecular weight is 774 g/mol. The Morgan fingerprint density at radius 2 is 0.867 bits per heavy atom. The van der Waals surface area contributed by atoms with Crippen molar-refractivity contribution in [1.82, 2.24) is 0 Å². The lowest BCUT2D eigenvalue weighted by Gasteiger charge is -2.31. The first-order chi connectivity index (χ1) is 29.2. The van der Waals surface area contributed by atoms with Gasteiger partial charge in [0, 0.05) is 33.2 Å². The molecule has 0 aliphatic heterocycles. The highest BCUT2D eigenvalue weighted by atomic mass is 15.1. The van der Waals surface area contributed by atoms with Crippen LogP contribution in [0.2, 0.25) is 0 Å². The maximum atomic E-state index is 2.51. The lowest BCUT2D eigenvalue weighted by atomic mass is 9.74. The fourth-order valence-corrected chi connectivity index (χ4v) is 11.8. The van der Waals surface area contributed by atoms with E-state index >= 15 is 0 Å². The second kappa shape index (κ2) is 13.3. The average Bonchev–Trinajstić information content (AvgIpc) is 3.81. The Hall–Kier alpha value is -6.44. The molecule has 0 saturated carbocycles. The molecule has 0 heterocycles. The predicted molar refractivity (Wildman–Crippen MR) is 254 cm³/mol. The van der Waals surface area contributed by atoms with Gasteiger partial charge in [-0.1, -0.05) is 187 Å². The van der Waals surface area contributed by atoms with Crippen LogP contribution in [0.25, 0.3) is 55.6 Å². The van der Waals surface area contributed by atoms with Crippen molar-refractivity contribution in [2.75, 3.05) is 4.90 Å². The first-order valence-electron chi connectivity index (χ1n) is 21.9. The standard InChI is InChI=1S/C59H51N/c1-7-59(8-2)51-28-15-10-20-43(51)48-37-40(35-36-52(48)59)60(39-33-31-38(32-34-39)41-23-17-25-46-42-19-9-13-26-49(42)58(5,6)56(41)46)54-30-16-12-21-44(54)45-24-18-29-53-55(45)47-22-11-14-27-50(47)57(53,3)4/h9-37H,7-8H2,1-6H3. The van der Waals surface area contributed by atoms with Crippen molar-refractivity contribution in [3.8, 4) is 55.6 Å². The van der Waals surface area contributed by atoms with Crippen LogP contribution in [0.4, 0.5) is 17.1 Å². The van der Waals surface area contributed by atoms with Crippen molar-refractivity contribution < 1.29 is 0 Å². The molecule has 0 fully saturated rings. The van der Waals surface area contributed by atoms with Crippen LogP contribution in [-0.2, 0) is 16.2 Å². The molecule has 3 aliphatic rings. The van der Waals surface area contributed by atoms with E-state index < -0.39 is 0 Å². The third-order valence-corrected chi connectivity index (χ3v) is 14.8. The molecule has 8 aromatic carbocycles. The molecule has 0 amide bonds. The van der Waals surface area contributed by atoms with E-state index in [1.165, 1.54) is 94.7 Å². The summed E-state index contributed by atoms with van der Waals surface area (Å²) in [4.78, 5) is 2.51. The van der Waals surface area contributed by atoms with E-state index in [1.807, 2.05) is 0 Å². The molecular weight excluding hydrogens is 723 g/mol.